The fourth-order valence-electron chi connectivity index (χ4n) is 3.01. The van der Waals surface area contributed by atoms with Crippen molar-refractivity contribution < 1.29 is 9.53 Å². The van der Waals surface area contributed by atoms with Gasteiger partial charge in [-0.05, 0) is 32.4 Å². The summed E-state index contributed by atoms with van der Waals surface area (Å²) < 4.78 is 5.36. The molecule has 0 bridgehead atoms. The fraction of sp³-hybridized carbons (Fsp3) is 0.643. The molecule has 0 radical (unpaired) electrons. The number of carbonyl (C=O) groups excluding carboxylic acids is 1. The van der Waals surface area contributed by atoms with Gasteiger partial charge in [0.25, 0.3) is 0 Å². The lowest BCUT2D eigenvalue weighted by Gasteiger charge is -2.50. The van der Waals surface area contributed by atoms with Crippen LogP contribution in [0.2, 0.25) is 0 Å². The highest BCUT2D eigenvalue weighted by Gasteiger charge is 2.51. The van der Waals surface area contributed by atoms with Crippen molar-refractivity contribution in [2.45, 2.75) is 25.3 Å². The molecule has 0 N–H and O–H groups in total. The Morgan fingerprint density at radius 3 is 2.83 bits per heavy atom. The molecule has 0 saturated carbocycles. The molecule has 4 heteroatoms. The van der Waals surface area contributed by atoms with Crippen molar-refractivity contribution in [1.29, 1.82) is 0 Å². The van der Waals surface area contributed by atoms with E-state index in [0.717, 1.165) is 38.0 Å². The fourth-order valence-corrected chi connectivity index (χ4v) is 3.01. The van der Waals surface area contributed by atoms with Crippen LogP contribution in [-0.2, 0) is 4.74 Å². The second kappa shape index (κ2) is 5.14. The smallest absolute Gasteiger partial charge is 0.410 e. The molecule has 0 atom stereocenters. The molecule has 100 valence electrons. The van der Waals surface area contributed by atoms with Crippen LogP contribution in [0.15, 0.2) is 24.3 Å². The lowest BCUT2D eigenvalue weighted by molar-refractivity contribution is -0.0121. The number of ether oxygens (including phenoxy) is 1. The first kappa shape index (κ1) is 13.1. The summed E-state index contributed by atoms with van der Waals surface area (Å²) in [7, 11) is 2.09. The van der Waals surface area contributed by atoms with Crippen molar-refractivity contribution in [2.75, 3.05) is 33.3 Å². The Kier molecular flexibility index (Phi) is 3.76. The number of hydrogen-bond donors (Lipinski definition) is 0. The highest BCUT2D eigenvalue weighted by atomic mass is 16.6. The minimum atomic E-state index is -0.169. The molecule has 2 heterocycles. The Morgan fingerprint density at radius 1 is 1.50 bits per heavy atom. The number of allylic oxidation sites excluding steroid dienone is 2. The van der Waals surface area contributed by atoms with E-state index in [1.807, 2.05) is 17.9 Å². The largest absolute Gasteiger partial charge is 0.445 e. The molecule has 2 aliphatic rings. The zero-order valence-electron chi connectivity index (χ0n) is 11.3. The van der Waals surface area contributed by atoms with Crippen LogP contribution < -0.4 is 0 Å². The van der Waals surface area contributed by atoms with E-state index in [1.165, 1.54) is 0 Å². The number of likely N-dealkylation sites (N-methyl/N-ethyl adjacent to an activating group) is 1. The standard InChI is InChI=1S/C14H22N2O2/c1-4-6-12(2)9-18-13(17)16-8-5-7-14(16)10-15(3)11-14/h4,6H,1,5,7-11H2,2-3H3/b12-6+. The van der Waals surface area contributed by atoms with Crippen molar-refractivity contribution in [2.24, 2.45) is 0 Å². The normalized spacial score (nSPS) is 23.0. The Hall–Kier alpha value is -1.29. The highest BCUT2D eigenvalue weighted by Crippen LogP contribution is 2.37. The zero-order valence-corrected chi connectivity index (χ0v) is 11.3. The van der Waals surface area contributed by atoms with E-state index in [9.17, 15) is 4.79 Å². The van der Waals surface area contributed by atoms with Gasteiger partial charge in [-0.3, -0.25) is 4.90 Å². The second-order valence-electron chi connectivity index (χ2n) is 5.46. The predicted octanol–water partition coefficient (Wildman–Crippen LogP) is 2.04. The molecule has 2 saturated heterocycles. The average Bonchev–Trinajstić information content (AvgIpc) is 2.70. The number of rotatable bonds is 3. The molecule has 18 heavy (non-hydrogen) atoms. The average molecular weight is 250 g/mol. The van der Waals surface area contributed by atoms with Gasteiger partial charge < -0.3 is 9.64 Å². The third kappa shape index (κ3) is 2.43. The molecule has 2 fully saturated rings. The van der Waals surface area contributed by atoms with Crippen LogP contribution in [0.1, 0.15) is 19.8 Å². The zero-order chi connectivity index (χ0) is 13.2. The van der Waals surface area contributed by atoms with Crippen LogP contribution in [0.5, 0.6) is 0 Å². The number of likely N-dealkylation sites (tertiary alicyclic amines) is 2. The number of nitrogens with zero attached hydrogens (tertiary/aromatic N) is 2. The number of hydrogen-bond acceptors (Lipinski definition) is 3. The van der Waals surface area contributed by atoms with Gasteiger partial charge in [-0.15, -0.1) is 0 Å². The molecule has 2 aliphatic heterocycles. The van der Waals surface area contributed by atoms with Crippen LogP contribution in [0, 0.1) is 0 Å². The van der Waals surface area contributed by atoms with E-state index in [1.54, 1.807) is 6.08 Å². The topological polar surface area (TPSA) is 32.8 Å². The molecule has 0 aliphatic carbocycles. The molecule has 1 amide bonds. The van der Waals surface area contributed by atoms with Gasteiger partial charge in [0.1, 0.15) is 6.61 Å². The highest BCUT2D eigenvalue weighted by molar-refractivity contribution is 5.69. The first-order valence-corrected chi connectivity index (χ1v) is 6.48. The monoisotopic (exact) mass is 250 g/mol. The number of carbonyl (C=O) groups is 1. The van der Waals surface area contributed by atoms with E-state index >= 15 is 0 Å². The van der Waals surface area contributed by atoms with Crippen LogP contribution in [-0.4, -0.2) is 54.7 Å². The summed E-state index contributed by atoms with van der Waals surface area (Å²) >= 11 is 0. The van der Waals surface area contributed by atoms with Crippen molar-refractivity contribution in [1.82, 2.24) is 9.80 Å². The third-order valence-electron chi connectivity index (χ3n) is 3.77. The second-order valence-corrected chi connectivity index (χ2v) is 5.46. The van der Waals surface area contributed by atoms with Gasteiger partial charge in [0.2, 0.25) is 0 Å². The van der Waals surface area contributed by atoms with Crippen molar-refractivity contribution in [3.05, 3.63) is 24.3 Å². The molecule has 0 aromatic heterocycles. The summed E-state index contributed by atoms with van der Waals surface area (Å²) in [4.78, 5) is 16.3. The van der Waals surface area contributed by atoms with E-state index in [-0.39, 0.29) is 11.6 Å². The van der Waals surface area contributed by atoms with E-state index in [0.29, 0.717) is 6.61 Å². The molecule has 1 spiro atoms. The summed E-state index contributed by atoms with van der Waals surface area (Å²) in [5.41, 5.74) is 1.07. The van der Waals surface area contributed by atoms with Gasteiger partial charge in [-0.1, -0.05) is 18.7 Å². The Balaban J connectivity index is 1.89. The molecular formula is C14H22N2O2. The van der Waals surface area contributed by atoms with Crippen LogP contribution in [0.25, 0.3) is 0 Å². The van der Waals surface area contributed by atoms with Crippen LogP contribution >= 0.6 is 0 Å². The van der Waals surface area contributed by atoms with Crippen LogP contribution in [0.4, 0.5) is 4.79 Å². The molecular weight excluding hydrogens is 228 g/mol. The maximum absolute atomic E-state index is 12.1. The Bertz CT molecular complexity index is 370. The van der Waals surface area contributed by atoms with Gasteiger partial charge in [0.05, 0.1) is 5.54 Å². The quantitative estimate of drug-likeness (QED) is 0.719. The van der Waals surface area contributed by atoms with Crippen molar-refractivity contribution in [3.63, 3.8) is 0 Å². The first-order chi connectivity index (χ1) is 8.57. The first-order valence-electron chi connectivity index (χ1n) is 6.48. The SMILES string of the molecule is C=C/C=C(\C)COC(=O)N1CCCC12CN(C)C2. The lowest BCUT2D eigenvalue weighted by atomic mass is 9.88. The van der Waals surface area contributed by atoms with Crippen molar-refractivity contribution >= 4 is 6.09 Å². The summed E-state index contributed by atoms with van der Waals surface area (Å²) in [6.07, 6.45) is 5.60. The predicted molar refractivity (Wildman–Crippen MR) is 71.5 cm³/mol. The van der Waals surface area contributed by atoms with Gasteiger partial charge in [0.15, 0.2) is 0 Å². The molecule has 2 rings (SSSR count). The molecule has 4 nitrogen and oxygen atoms in total. The van der Waals surface area contributed by atoms with Crippen molar-refractivity contribution in [3.8, 4) is 0 Å². The summed E-state index contributed by atoms with van der Waals surface area (Å²) in [6.45, 7) is 8.70. The lowest BCUT2D eigenvalue weighted by Crippen LogP contribution is -2.67. The Morgan fingerprint density at radius 2 is 2.22 bits per heavy atom. The van der Waals surface area contributed by atoms with E-state index in [4.69, 9.17) is 4.74 Å². The molecule has 0 aromatic rings. The Labute approximate surface area is 109 Å². The van der Waals surface area contributed by atoms with E-state index < -0.39 is 0 Å². The minimum absolute atomic E-state index is 0.0574. The summed E-state index contributed by atoms with van der Waals surface area (Å²) in [5.74, 6) is 0. The van der Waals surface area contributed by atoms with Gasteiger partial charge in [-0.2, -0.15) is 0 Å². The molecule has 0 unspecified atom stereocenters. The van der Waals surface area contributed by atoms with E-state index in [2.05, 4.69) is 18.5 Å². The van der Waals surface area contributed by atoms with Gasteiger partial charge in [0, 0.05) is 19.6 Å². The third-order valence-corrected chi connectivity index (χ3v) is 3.77. The molecule has 0 aromatic carbocycles. The summed E-state index contributed by atoms with van der Waals surface area (Å²) in [5, 5.41) is 0. The maximum atomic E-state index is 12.1. The van der Waals surface area contributed by atoms with Gasteiger partial charge >= 0.3 is 6.09 Å². The van der Waals surface area contributed by atoms with Crippen LogP contribution in [0.3, 0.4) is 0 Å². The summed E-state index contributed by atoms with van der Waals surface area (Å²) in [6, 6.07) is 0. The maximum Gasteiger partial charge on any atom is 0.410 e. The number of amides is 1. The van der Waals surface area contributed by atoms with Gasteiger partial charge in [-0.25, -0.2) is 4.79 Å². The minimum Gasteiger partial charge on any atom is -0.445 e.